The van der Waals surface area contributed by atoms with Crippen molar-refractivity contribution >= 4 is 0 Å². The van der Waals surface area contributed by atoms with Gasteiger partial charge in [0.1, 0.15) is 0 Å². The monoisotopic (exact) mass is 283 g/mol. The molecular formula is C19H25NO. The van der Waals surface area contributed by atoms with Gasteiger partial charge >= 0.3 is 0 Å². The van der Waals surface area contributed by atoms with Crippen LogP contribution in [-0.2, 0) is 6.54 Å². The molecule has 2 nitrogen and oxygen atoms in total. The first kappa shape index (κ1) is 15.7. The molecule has 21 heavy (non-hydrogen) atoms. The Kier molecular flexibility index (Phi) is 5.97. The highest BCUT2D eigenvalue weighted by atomic mass is 16.2. The van der Waals surface area contributed by atoms with E-state index < -0.39 is 0 Å². The summed E-state index contributed by atoms with van der Waals surface area (Å²) in [4.78, 5) is 0. The zero-order valence-corrected chi connectivity index (χ0v) is 13.0. The second kappa shape index (κ2) is 7.96. The maximum absolute atomic E-state index is 9.09. The van der Waals surface area contributed by atoms with E-state index in [4.69, 9.17) is 5.11 Å². The molecule has 0 aliphatic carbocycles. The maximum atomic E-state index is 9.09. The Morgan fingerprint density at radius 2 is 1.67 bits per heavy atom. The maximum Gasteiger partial charge on any atom is 0.0431 e. The van der Waals surface area contributed by atoms with Gasteiger partial charge < -0.3 is 10.4 Å². The summed E-state index contributed by atoms with van der Waals surface area (Å²) in [6.07, 6.45) is 1.77. The third kappa shape index (κ3) is 5.00. The van der Waals surface area contributed by atoms with E-state index in [1.165, 1.54) is 22.3 Å². The van der Waals surface area contributed by atoms with Gasteiger partial charge in [-0.15, -0.1) is 0 Å². The van der Waals surface area contributed by atoms with Crippen molar-refractivity contribution in [2.75, 3.05) is 6.61 Å². The molecule has 1 unspecified atom stereocenters. The minimum absolute atomic E-state index is 0.245. The van der Waals surface area contributed by atoms with Crippen molar-refractivity contribution in [3.8, 4) is 0 Å². The minimum atomic E-state index is 0.245. The zero-order valence-electron chi connectivity index (χ0n) is 13.0. The van der Waals surface area contributed by atoms with Crippen molar-refractivity contribution in [2.24, 2.45) is 0 Å². The van der Waals surface area contributed by atoms with E-state index in [1.54, 1.807) is 0 Å². The molecule has 2 heteroatoms. The molecule has 0 radical (unpaired) electrons. The molecule has 2 rings (SSSR count). The fourth-order valence-corrected chi connectivity index (χ4v) is 2.78. The topological polar surface area (TPSA) is 32.3 Å². The van der Waals surface area contributed by atoms with Gasteiger partial charge in [-0.1, -0.05) is 59.7 Å². The van der Waals surface area contributed by atoms with Crippen LogP contribution >= 0.6 is 0 Å². The molecule has 2 aromatic rings. The van der Waals surface area contributed by atoms with E-state index in [0.717, 1.165) is 19.4 Å². The highest BCUT2D eigenvalue weighted by molar-refractivity contribution is 5.28. The van der Waals surface area contributed by atoms with Crippen LogP contribution in [0.3, 0.4) is 0 Å². The molecule has 0 amide bonds. The fraction of sp³-hybridized carbons (Fsp3) is 0.368. The largest absolute Gasteiger partial charge is 0.396 e. The number of aliphatic hydroxyl groups is 1. The number of hydrogen-bond donors (Lipinski definition) is 2. The first-order valence-corrected chi connectivity index (χ1v) is 7.65. The van der Waals surface area contributed by atoms with Gasteiger partial charge in [0.05, 0.1) is 0 Å². The summed E-state index contributed by atoms with van der Waals surface area (Å²) in [6.45, 7) is 5.37. The van der Waals surface area contributed by atoms with Gasteiger partial charge in [0, 0.05) is 19.2 Å². The summed E-state index contributed by atoms with van der Waals surface area (Å²) in [5.74, 6) is 0. The number of hydrogen-bond acceptors (Lipinski definition) is 2. The lowest BCUT2D eigenvalue weighted by molar-refractivity contribution is 0.275. The van der Waals surface area contributed by atoms with Gasteiger partial charge in [-0.05, 0) is 37.8 Å². The van der Waals surface area contributed by atoms with Gasteiger partial charge in [0.2, 0.25) is 0 Å². The lowest BCUT2D eigenvalue weighted by Crippen LogP contribution is -2.21. The second-order valence-corrected chi connectivity index (χ2v) is 5.71. The van der Waals surface area contributed by atoms with Gasteiger partial charge in [-0.3, -0.25) is 0 Å². The molecular weight excluding hydrogens is 258 g/mol. The lowest BCUT2D eigenvalue weighted by Gasteiger charge is -2.19. The van der Waals surface area contributed by atoms with Crippen LogP contribution in [0.15, 0.2) is 48.5 Å². The summed E-state index contributed by atoms with van der Waals surface area (Å²) in [5, 5.41) is 12.7. The van der Waals surface area contributed by atoms with Crippen molar-refractivity contribution < 1.29 is 5.11 Å². The number of nitrogens with one attached hydrogen (secondary N) is 1. The molecule has 2 aromatic carbocycles. The Morgan fingerprint density at radius 1 is 1.00 bits per heavy atom. The van der Waals surface area contributed by atoms with Crippen LogP contribution in [0.2, 0.25) is 0 Å². The van der Waals surface area contributed by atoms with E-state index in [0.29, 0.717) is 6.04 Å². The molecule has 0 bridgehead atoms. The van der Waals surface area contributed by atoms with Gasteiger partial charge in [0.15, 0.2) is 0 Å². The quantitative estimate of drug-likeness (QED) is 0.807. The van der Waals surface area contributed by atoms with Crippen LogP contribution in [0.5, 0.6) is 0 Å². The van der Waals surface area contributed by atoms with Crippen molar-refractivity contribution in [1.82, 2.24) is 5.32 Å². The SMILES string of the molecule is Cc1cc(C)cc(CNC(CCCO)c2ccccc2)c1. The number of aryl methyl sites for hydroxylation is 2. The predicted octanol–water partition coefficient (Wildman–Crippen LogP) is 3.91. The Bertz CT molecular complexity index is 530. The first-order chi connectivity index (χ1) is 10.2. The Balaban J connectivity index is 2.05. The Morgan fingerprint density at radius 3 is 2.29 bits per heavy atom. The van der Waals surface area contributed by atoms with Crippen molar-refractivity contribution in [3.05, 3.63) is 70.8 Å². The van der Waals surface area contributed by atoms with Crippen LogP contribution < -0.4 is 5.32 Å². The number of aliphatic hydroxyl groups excluding tert-OH is 1. The summed E-state index contributed by atoms with van der Waals surface area (Å²) in [7, 11) is 0. The second-order valence-electron chi connectivity index (χ2n) is 5.71. The molecule has 0 aliphatic rings. The minimum Gasteiger partial charge on any atom is -0.396 e. The van der Waals surface area contributed by atoms with Crippen molar-refractivity contribution in [2.45, 2.75) is 39.3 Å². The van der Waals surface area contributed by atoms with E-state index in [1.807, 2.05) is 6.07 Å². The summed E-state index contributed by atoms with van der Waals surface area (Å²) in [6, 6.07) is 17.4. The smallest absolute Gasteiger partial charge is 0.0431 e. The predicted molar refractivity (Wildman–Crippen MR) is 88.3 cm³/mol. The molecule has 112 valence electrons. The summed E-state index contributed by atoms with van der Waals surface area (Å²) < 4.78 is 0. The van der Waals surface area contributed by atoms with Crippen LogP contribution in [0.25, 0.3) is 0 Å². The summed E-state index contributed by atoms with van der Waals surface area (Å²) >= 11 is 0. The van der Waals surface area contributed by atoms with Crippen LogP contribution in [-0.4, -0.2) is 11.7 Å². The summed E-state index contributed by atoms with van der Waals surface area (Å²) in [5.41, 5.74) is 5.21. The molecule has 0 aliphatic heterocycles. The molecule has 0 heterocycles. The fourth-order valence-electron chi connectivity index (χ4n) is 2.78. The molecule has 0 saturated heterocycles. The Labute approximate surface area is 127 Å². The molecule has 0 fully saturated rings. The molecule has 2 N–H and O–H groups in total. The van der Waals surface area contributed by atoms with E-state index >= 15 is 0 Å². The van der Waals surface area contributed by atoms with E-state index in [2.05, 4.69) is 61.6 Å². The third-order valence-electron chi connectivity index (χ3n) is 3.69. The standard InChI is InChI=1S/C19H25NO/c1-15-11-16(2)13-17(12-15)14-20-19(9-6-10-21)18-7-4-3-5-8-18/h3-5,7-8,11-13,19-21H,6,9-10,14H2,1-2H3. The van der Waals surface area contributed by atoms with Crippen molar-refractivity contribution in [1.29, 1.82) is 0 Å². The molecule has 0 spiro atoms. The van der Waals surface area contributed by atoms with Crippen molar-refractivity contribution in [3.63, 3.8) is 0 Å². The molecule has 1 atom stereocenters. The third-order valence-corrected chi connectivity index (χ3v) is 3.69. The van der Waals surface area contributed by atoms with Crippen LogP contribution in [0, 0.1) is 13.8 Å². The van der Waals surface area contributed by atoms with Gasteiger partial charge in [-0.25, -0.2) is 0 Å². The van der Waals surface area contributed by atoms with Crippen LogP contribution in [0.1, 0.15) is 41.1 Å². The number of rotatable bonds is 7. The normalized spacial score (nSPS) is 12.3. The first-order valence-electron chi connectivity index (χ1n) is 7.65. The Hall–Kier alpha value is -1.64. The zero-order chi connectivity index (χ0) is 15.1. The van der Waals surface area contributed by atoms with E-state index in [-0.39, 0.29) is 6.61 Å². The van der Waals surface area contributed by atoms with Gasteiger partial charge in [-0.2, -0.15) is 0 Å². The van der Waals surface area contributed by atoms with Crippen LogP contribution in [0.4, 0.5) is 0 Å². The van der Waals surface area contributed by atoms with Gasteiger partial charge in [0.25, 0.3) is 0 Å². The average Bonchev–Trinajstić information content (AvgIpc) is 2.47. The van der Waals surface area contributed by atoms with E-state index in [9.17, 15) is 0 Å². The molecule has 0 aromatic heterocycles. The highest BCUT2D eigenvalue weighted by Gasteiger charge is 2.10. The average molecular weight is 283 g/mol. The number of benzene rings is 2. The highest BCUT2D eigenvalue weighted by Crippen LogP contribution is 2.19. The molecule has 0 saturated carbocycles. The lowest BCUT2D eigenvalue weighted by atomic mass is 10.0.